The highest BCUT2D eigenvalue weighted by Gasteiger charge is 2.35. The zero-order valence-corrected chi connectivity index (χ0v) is 17.9. The molecular weight excluding hydrogens is 445 g/mol. The van der Waals surface area contributed by atoms with Gasteiger partial charge in [0.2, 0.25) is 15.9 Å². The van der Waals surface area contributed by atoms with Gasteiger partial charge >= 0.3 is 6.18 Å². The summed E-state index contributed by atoms with van der Waals surface area (Å²) in [6.45, 7) is 1.66. The van der Waals surface area contributed by atoms with E-state index >= 15 is 0 Å². The number of aromatic amines is 1. The van der Waals surface area contributed by atoms with Gasteiger partial charge in [-0.3, -0.25) is 9.52 Å². The van der Waals surface area contributed by atoms with Crippen molar-refractivity contribution < 1.29 is 26.4 Å². The van der Waals surface area contributed by atoms with E-state index in [2.05, 4.69) is 20.0 Å². The highest BCUT2D eigenvalue weighted by molar-refractivity contribution is 7.92. The lowest BCUT2D eigenvalue weighted by molar-refractivity contribution is -0.137. The second-order valence-electron chi connectivity index (χ2n) is 7.74. The second-order valence-corrected chi connectivity index (χ2v) is 9.58. The number of halogens is 3. The maximum absolute atomic E-state index is 14.0. The van der Waals surface area contributed by atoms with Crippen molar-refractivity contribution in [1.82, 2.24) is 9.97 Å². The van der Waals surface area contributed by atoms with E-state index in [9.17, 15) is 26.4 Å². The van der Waals surface area contributed by atoms with Gasteiger partial charge in [0.05, 0.1) is 11.3 Å². The van der Waals surface area contributed by atoms with Gasteiger partial charge in [0.1, 0.15) is 11.5 Å². The Morgan fingerprint density at radius 3 is 2.59 bits per heavy atom. The molecule has 1 aromatic carbocycles. The Bertz CT molecular complexity index is 1280. The quantitative estimate of drug-likeness (QED) is 0.467. The third-order valence-corrected chi connectivity index (χ3v) is 6.58. The second kappa shape index (κ2) is 8.12. The molecule has 2 heterocycles. The van der Waals surface area contributed by atoms with E-state index < -0.39 is 21.8 Å². The third-order valence-electron chi connectivity index (χ3n) is 5.09. The van der Waals surface area contributed by atoms with Crippen LogP contribution in [0.15, 0.2) is 36.5 Å². The molecule has 0 bridgehead atoms. The van der Waals surface area contributed by atoms with Gasteiger partial charge in [-0.05, 0) is 54.7 Å². The minimum Gasteiger partial charge on any atom is -0.346 e. The van der Waals surface area contributed by atoms with Crippen LogP contribution < -0.4 is 10.0 Å². The first-order chi connectivity index (χ1) is 15.1. The topological polar surface area (TPSA) is 104 Å². The largest absolute Gasteiger partial charge is 0.417 e. The predicted octanol–water partition coefficient (Wildman–Crippen LogP) is 4.75. The molecule has 0 atom stereocenters. The van der Waals surface area contributed by atoms with E-state index in [1.165, 1.54) is 18.2 Å². The first-order valence-corrected chi connectivity index (χ1v) is 11.7. The van der Waals surface area contributed by atoms with Crippen LogP contribution in [0.2, 0.25) is 0 Å². The molecule has 7 nitrogen and oxygen atoms in total. The summed E-state index contributed by atoms with van der Waals surface area (Å²) in [6, 6.07) is 6.30. The summed E-state index contributed by atoms with van der Waals surface area (Å²) >= 11 is 0. The Morgan fingerprint density at radius 2 is 1.94 bits per heavy atom. The minimum absolute atomic E-state index is 0.0965. The number of anilines is 2. The lowest BCUT2D eigenvalue weighted by atomic mass is 9.97. The lowest BCUT2D eigenvalue weighted by Crippen LogP contribution is -2.17. The number of alkyl halides is 3. The van der Waals surface area contributed by atoms with E-state index in [1.807, 2.05) is 0 Å². The molecular formula is C21H21F3N4O3S. The lowest BCUT2D eigenvalue weighted by Gasteiger charge is -2.17. The number of amides is 1. The summed E-state index contributed by atoms with van der Waals surface area (Å²) in [6.07, 6.45) is -1.31. The molecule has 1 aliphatic carbocycles. The summed E-state index contributed by atoms with van der Waals surface area (Å²) in [7, 11) is -3.75. The Morgan fingerprint density at radius 1 is 1.19 bits per heavy atom. The van der Waals surface area contributed by atoms with Crippen molar-refractivity contribution >= 4 is 38.5 Å². The molecule has 32 heavy (non-hydrogen) atoms. The van der Waals surface area contributed by atoms with Gasteiger partial charge in [-0.1, -0.05) is 13.0 Å². The number of sulfonamides is 1. The summed E-state index contributed by atoms with van der Waals surface area (Å²) in [5, 5.41) is 3.11. The maximum atomic E-state index is 14.0. The average molecular weight is 466 g/mol. The van der Waals surface area contributed by atoms with E-state index in [0.29, 0.717) is 17.5 Å². The first-order valence-electron chi connectivity index (χ1n) is 10.1. The fourth-order valence-corrected chi connectivity index (χ4v) is 4.60. The van der Waals surface area contributed by atoms with Gasteiger partial charge in [-0.15, -0.1) is 0 Å². The fourth-order valence-electron chi connectivity index (χ4n) is 3.47. The monoisotopic (exact) mass is 466 g/mol. The number of H-pyrrole nitrogens is 1. The molecule has 11 heteroatoms. The predicted molar refractivity (Wildman–Crippen MR) is 116 cm³/mol. The molecule has 2 aromatic heterocycles. The van der Waals surface area contributed by atoms with Crippen molar-refractivity contribution in [3.63, 3.8) is 0 Å². The molecule has 4 rings (SSSR count). The highest BCUT2D eigenvalue weighted by Crippen LogP contribution is 2.41. The minimum atomic E-state index is -4.75. The Balaban J connectivity index is 1.81. The van der Waals surface area contributed by atoms with Gasteiger partial charge in [-0.2, -0.15) is 13.2 Å². The molecule has 1 fully saturated rings. The van der Waals surface area contributed by atoms with Crippen LogP contribution in [-0.4, -0.2) is 30.0 Å². The van der Waals surface area contributed by atoms with Crippen LogP contribution in [0.5, 0.6) is 0 Å². The Hall–Kier alpha value is -3.08. The van der Waals surface area contributed by atoms with Crippen molar-refractivity contribution in [3.05, 3.63) is 42.1 Å². The van der Waals surface area contributed by atoms with E-state index in [4.69, 9.17) is 0 Å². The van der Waals surface area contributed by atoms with E-state index in [0.717, 1.165) is 18.9 Å². The number of pyridine rings is 1. The number of nitrogens with one attached hydrogen (secondary N) is 3. The molecule has 0 spiro atoms. The van der Waals surface area contributed by atoms with Gasteiger partial charge in [0, 0.05) is 23.2 Å². The van der Waals surface area contributed by atoms with Gasteiger partial charge in [0.25, 0.3) is 0 Å². The molecule has 170 valence electrons. The van der Waals surface area contributed by atoms with Crippen LogP contribution in [0.1, 0.15) is 31.7 Å². The molecule has 0 unspecified atom stereocenters. The van der Waals surface area contributed by atoms with Crippen molar-refractivity contribution in [2.75, 3.05) is 15.8 Å². The van der Waals surface area contributed by atoms with Crippen molar-refractivity contribution in [2.24, 2.45) is 5.92 Å². The normalized spacial score (nSPS) is 14.5. The van der Waals surface area contributed by atoms with Crippen molar-refractivity contribution in [2.45, 2.75) is 32.4 Å². The maximum Gasteiger partial charge on any atom is 0.417 e. The molecule has 0 aliphatic heterocycles. The number of carbonyl (C=O) groups is 1. The number of benzene rings is 1. The number of hydrogen-bond acceptors (Lipinski definition) is 4. The third kappa shape index (κ3) is 4.72. The summed E-state index contributed by atoms with van der Waals surface area (Å²) < 4.78 is 68.2. The zero-order chi connectivity index (χ0) is 23.1. The SMILES string of the molecule is CCCS(=O)(=O)Nc1ccc(-c2cc(NC(=O)C3CC3)nc3[nH]ccc23)c(C(F)(F)F)c1. The Labute approximate surface area is 182 Å². The Kier molecular flexibility index (Phi) is 5.61. The highest BCUT2D eigenvalue weighted by atomic mass is 32.2. The fraction of sp³-hybridized carbons (Fsp3) is 0.333. The molecule has 3 aromatic rings. The zero-order valence-electron chi connectivity index (χ0n) is 17.1. The number of hydrogen-bond donors (Lipinski definition) is 3. The van der Waals surface area contributed by atoms with Crippen LogP contribution in [0.3, 0.4) is 0 Å². The number of nitrogens with zero attached hydrogens (tertiary/aromatic N) is 1. The van der Waals surface area contributed by atoms with Gasteiger partial charge in [0.15, 0.2) is 0 Å². The number of aromatic nitrogens is 2. The van der Waals surface area contributed by atoms with E-state index in [1.54, 1.807) is 19.2 Å². The molecule has 1 aliphatic rings. The summed E-state index contributed by atoms with van der Waals surface area (Å²) in [4.78, 5) is 19.3. The molecule has 0 radical (unpaired) electrons. The van der Waals surface area contributed by atoms with Crippen LogP contribution in [-0.2, 0) is 21.0 Å². The van der Waals surface area contributed by atoms with Crippen LogP contribution in [0.4, 0.5) is 24.7 Å². The number of rotatable bonds is 7. The van der Waals surface area contributed by atoms with Crippen LogP contribution >= 0.6 is 0 Å². The standard InChI is InChI=1S/C21H21F3N4O3S/c1-2-9-32(30,31)28-13-5-6-14(17(10-13)21(22,23)24)16-11-18(27-20(29)12-3-4-12)26-19-15(16)7-8-25-19/h5-8,10-12,28H,2-4,9H2,1H3,(H2,25,26,27,29). The average Bonchev–Trinajstić information content (AvgIpc) is 3.44. The summed E-state index contributed by atoms with van der Waals surface area (Å²) in [5.74, 6) is -0.367. The van der Waals surface area contributed by atoms with Gasteiger partial charge in [-0.25, -0.2) is 13.4 Å². The van der Waals surface area contributed by atoms with Gasteiger partial charge < -0.3 is 10.3 Å². The molecule has 3 N–H and O–H groups in total. The summed E-state index contributed by atoms with van der Waals surface area (Å²) in [5.41, 5.74) is -0.768. The van der Waals surface area contributed by atoms with Crippen molar-refractivity contribution in [1.29, 1.82) is 0 Å². The first kappa shape index (κ1) is 22.1. The van der Waals surface area contributed by atoms with Crippen molar-refractivity contribution in [3.8, 4) is 11.1 Å². The number of fused-ring (bicyclic) bond motifs is 1. The van der Waals surface area contributed by atoms with Crippen LogP contribution in [0.25, 0.3) is 22.2 Å². The molecule has 1 amide bonds. The smallest absolute Gasteiger partial charge is 0.346 e. The molecule has 1 saturated carbocycles. The number of carbonyl (C=O) groups excluding carboxylic acids is 1. The molecule has 0 saturated heterocycles. The van der Waals surface area contributed by atoms with Crippen LogP contribution in [0, 0.1) is 5.92 Å². The van der Waals surface area contributed by atoms with E-state index in [-0.39, 0.29) is 40.2 Å².